The van der Waals surface area contributed by atoms with Crippen LogP contribution in [0.2, 0.25) is 0 Å². The zero-order valence-corrected chi connectivity index (χ0v) is 9.43. The average Bonchev–Trinajstić information content (AvgIpc) is 2.97. The van der Waals surface area contributed by atoms with Crippen molar-refractivity contribution in [3.63, 3.8) is 0 Å². The molecule has 0 atom stereocenters. The number of aryl methyl sites for hydroxylation is 2. The summed E-state index contributed by atoms with van der Waals surface area (Å²) in [6, 6.07) is 5.41. The van der Waals surface area contributed by atoms with E-state index in [2.05, 4.69) is 10.2 Å². The highest BCUT2D eigenvalue weighted by Crippen LogP contribution is 2.28. The van der Waals surface area contributed by atoms with Gasteiger partial charge in [0.2, 0.25) is 0 Å². The number of aromatic nitrogens is 2. The van der Waals surface area contributed by atoms with Crippen LogP contribution in [0.15, 0.2) is 37.7 Å². The number of nitrogens with zero attached hydrogens (tertiary/aromatic N) is 2. The van der Waals surface area contributed by atoms with Crippen molar-refractivity contribution in [3.8, 4) is 23.1 Å². The summed E-state index contributed by atoms with van der Waals surface area (Å²) in [7, 11) is 0. The second kappa shape index (κ2) is 3.62. The molecular formula is C12H10N2O3. The van der Waals surface area contributed by atoms with Crippen LogP contribution in [-0.2, 0) is 0 Å². The molecule has 5 heteroatoms. The van der Waals surface area contributed by atoms with Gasteiger partial charge >= 0.3 is 0 Å². The predicted octanol–water partition coefficient (Wildman–Crippen LogP) is 3.21. The quantitative estimate of drug-likeness (QED) is 0.676. The minimum atomic E-state index is 0.364. The topological polar surface area (TPSA) is 65.2 Å². The van der Waals surface area contributed by atoms with Gasteiger partial charge in [-0.3, -0.25) is 0 Å². The molecule has 0 aliphatic carbocycles. The van der Waals surface area contributed by atoms with Crippen molar-refractivity contribution in [2.24, 2.45) is 0 Å². The Labute approximate surface area is 97.1 Å². The lowest BCUT2D eigenvalue weighted by Crippen LogP contribution is -1.76. The van der Waals surface area contributed by atoms with Crippen LogP contribution in [0.4, 0.5) is 0 Å². The third kappa shape index (κ3) is 1.65. The highest BCUT2D eigenvalue weighted by Gasteiger charge is 2.16. The van der Waals surface area contributed by atoms with Crippen molar-refractivity contribution in [2.75, 3.05) is 0 Å². The summed E-state index contributed by atoms with van der Waals surface area (Å²) in [5.41, 5.74) is 0.813. The maximum atomic E-state index is 5.53. The summed E-state index contributed by atoms with van der Waals surface area (Å²) >= 11 is 0. The van der Waals surface area contributed by atoms with Gasteiger partial charge in [0, 0.05) is 0 Å². The molecule has 5 nitrogen and oxygen atoms in total. The van der Waals surface area contributed by atoms with Gasteiger partial charge in [0.1, 0.15) is 11.5 Å². The molecule has 0 N–H and O–H groups in total. The van der Waals surface area contributed by atoms with Gasteiger partial charge in [0.05, 0.1) is 11.8 Å². The molecule has 0 bridgehead atoms. The van der Waals surface area contributed by atoms with Gasteiger partial charge in [-0.2, -0.15) is 0 Å². The van der Waals surface area contributed by atoms with Crippen LogP contribution < -0.4 is 0 Å². The first-order chi connectivity index (χ1) is 8.24. The minimum absolute atomic E-state index is 0.364. The van der Waals surface area contributed by atoms with E-state index in [4.69, 9.17) is 13.3 Å². The maximum Gasteiger partial charge on any atom is 0.283 e. The molecule has 0 saturated carbocycles. The number of hydrogen-bond acceptors (Lipinski definition) is 5. The summed E-state index contributed by atoms with van der Waals surface area (Å²) in [6.07, 6.45) is 1.56. The SMILES string of the molecule is Cc1cc(-c2nnc(-c3ccco3)o2)c(C)o1. The van der Waals surface area contributed by atoms with Gasteiger partial charge in [-0.15, -0.1) is 10.2 Å². The number of rotatable bonds is 2. The van der Waals surface area contributed by atoms with Gasteiger partial charge in [-0.1, -0.05) is 0 Å². The molecule has 3 aromatic rings. The molecule has 0 aromatic carbocycles. The summed E-state index contributed by atoms with van der Waals surface area (Å²) < 4.78 is 16.1. The molecule has 0 fully saturated rings. The van der Waals surface area contributed by atoms with Crippen molar-refractivity contribution in [1.29, 1.82) is 0 Å². The average molecular weight is 230 g/mol. The largest absolute Gasteiger partial charge is 0.466 e. The molecule has 3 rings (SSSR count). The zero-order chi connectivity index (χ0) is 11.8. The lowest BCUT2D eigenvalue weighted by atomic mass is 10.2. The molecule has 86 valence electrons. The van der Waals surface area contributed by atoms with Crippen molar-refractivity contribution in [3.05, 3.63) is 36.0 Å². The molecule has 3 heterocycles. The molecule has 0 amide bonds. The fourth-order valence-electron chi connectivity index (χ4n) is 1.68. The Hall–Kier alpha value is -2.30. The van der Waals surface area contributed by atoms with E-state index in [-0.39, 0.29) is 0 Å². The first-order valence-electron chi connectivity index (χ1n) is 5.19. The van der Waals surface area contributed by atoms with Crippen molar-refractivity contribution >= 4 is 0 Å². The van der Waals surface area contributed by atoms with Gasteiger partial charge < -0.3 is 13.3 Å². The molecule has 0 spiro atoms. The van der Waals surface area contributed by atoms with Crippen LogP contribution in [0.25, 0.3) is 23.1 Å². The number of hydrogen-bond donors (Lipinski definition) is 0. The Balaban J connectivity index is 2.03. The summed E-state index contributed by atoms with van der Waals surface area (Å²) in [4.78, 5) is 0. The van der Waals surface area contributed by atoms with E-state index in [1.807, 2.05) is 19.9 Å². The standard InChI is InChI=1S/C12H10N2O3/c1-7-6-9(8(2)16-7)11-13-14-12(17-11)10-4-3-5-15-10/h3-6H,1-2H3. The second-order valence-electron chi connectivity index (χ2n) is 3.72. The zero-order valence-electron chi connectivity index (χ0n) is 9.43. The maximum absolute atomic E-state index is 5.53. The number of furan rings is 2. The third-order valence-electron chi connectivity index (χ3n) is 2.43. The Morgan fingerprint density at radius 2 is 1.88 bits per heavy atom. The lowest BCUT2D eigenvalue weighted by molar-refractivity contribution is 0.501. The monoisotopic (exact) mass is 230 g/mol. The van der Waals surface area contributed by atoms with Gasteiger partial charge in [-0.25, -0.2) is 0 Å². The van der Waals surface area contributed by atoms with Crippen molar-refractivity contribution in [1.82, 2.24) is 10.2 Å². The smallest absolute Gasteiger partial charge is 0.283 e. The third-order valence-corrected chi connectivity index (χ3v) is 2.43. The van der Waals surface area contributed by atoms with Crippen LogP contribution in [0.3, 0.4) is 0 Å². The van der Waals surface area contributed by atoms with Crippen LogP contribution >= 0.6 is 0 Å². The Morgan fingerprint density at radius 1 is 1.06 bits per heavy atom. The highest BCUT2D eigenvalue weighted by atomic mass is 16.4. The Kier molecular flexibility index (Phi) is 2.11. The lowest BCUT2D eigenvalue weighted by Gasteiger charge is -1.89. The van der Waals surface area contributed by atoms with E-state index < -0.39 is 0 Å². The molecule has 0 aliphatic heterocycles. The molecule has 3 aromatic heterocycles. The van der Waals surface area contributed by atoms with Crippen LogP contribution in [0, 0.1) is 13.8 Å². The van der Waals surface area contributed by atoms with Crippen LogP contribution in [-0.4, -0.2) is 10.2 Å². The van der Waals surface area contributed by atoms with E-state index in [0.717, 1.165) is 17.1 Å². The molecule has 0 aliphatic rings. The normalized spacial score (nSPS) is 10.9. The molecule has 0 saturated heterocycles. The van der Waals surface area contributed by atoms with Gasteiger partial charge in [-0.05, 0) is 32.0 Å². The van der Waals surface area contributed by atoms with Crippen molar-refractivity contribution < 1.29 is 13.3 Å². The van der Waals surface area contributed by atoms with E-state index in [1.165, 1.54) is 0 Å². The summed E-state index contributed by atoms with van der Waals surface area (Å²) in [5, 5.41) is 7.91. The van der Waals surface area contributed by atoms with E-state index >= 15 is 0 Å². The summed E-state index contributed by atoms with van der Waals surface area (Å²) in [6.45, 7) is 3.74. The van der Waals surface area contributed by atoms with E-state index in [1.54, 1.807) is 18.4 Å². The van der Waals surface area contributed by atoms with Gasteiger partial charge in [0.25, 0.3) is 11.8 Å². The van der Waals surface area contributed by atoms with Crippen molar-refractivity contribution in [2.45, 2.75) is 13.8 Å². The summed E-state index contributed by atoms with van der Waals surface area (Å²) in [5.74, 6) is 2.93. The predicted molar refractivity (Wildman–Crippen MR) is 59.2 cm³/mol. The molecule has 17 heavy (non-hydrogen) atoms. The first-order valence-corrected chi connectivity index (χ1v) is 5.19. The van der Waals surface area contributed by atoms with Crippen LogP contribution in [0.5, 0.6) is 0 Å². The molecular weight excluding hydrogens is 220 g/mol. The molecule has 0 radical (unpaired) electrons. The highest BCUT2D eigenvalue weighted by molar-refractivity contribution is 5.57. The molecule has 0 unspecified atom stereocenters. The second-order valence-corrected chi connectivity index (χ2v) is 3.72. The first kappa shape index (κ1) is 9.89. The van der Waals surface area contributed by atoms with Crippen LogP contribution in [0.1, 0.15) is 11.5 Å². The van der Waals surface area contributed by atoms with E-state index in [0.29, 0.717) is 17.5 Å². The fraction of sp³-hybridized carbons (Fsp3) is 0.167. The van der Waals surface area contributed by atoms with E-state index in [9.17, 15) is 0 Å². The minimum Gasteiger partial charge on any atom is -0.466 e. The van der Waals surface area contributed by atoms with Gasteiger partial charge in [0.15, 0.2) is 5.76 Å². The Bertz CT molecular complexity index is 635. The fourth-order valence-corrected chi connectivity index (χ4v) is 1.68. The Morgan fingerprint density at radius 3 is 2.53 bits per heavy atom.